The lowest BCUT2D eigenvalue weighted by atomic mass is 10.3. The van der Waals surface area contributed by atoms with E-state index in [1.54, 1.807) is 24.3 Å². The molecule has 0 spiro atoms. The van der Waals surface area contributed by atoms with E-state index < -0.39 is 11.6 Å². The highest BCUT2D eigenvalue weighted by Crippen LogP contribution is 2.10. The molecule has 0 aliphatic rings. The molecule has 0 radical (unpaired) electrons. The van der Waals surface area contributed by atoms with E-state index in [1.807, 2.05) is 0 Å². The van der Waals surface area contributed by atoms with Crippen LogP contribution in [0.5, 0.6) is 6.08 Å². The van der Waals surface area contributed by atoms with Crippen LogP contribution >= 0.6 is 0 Å². The van der Waals surface area contributed by atoms with Crippen LogP contribution < -0.4 is 10.7 Å². The van der Waals surface area contributed by atoms with Gasteiger partial charge in [0.05, 0.1) is 5.39 Å². The largest absolute Gasteiger partial charge is 0.565 e. The van der Waals surface area contributed by atoms with Gasteiger partial charge in [-0.25, -0.2) is 0 Å². The van der Waals surface area contributed by atoms with Gasteiger partial charge in [-0.3, -0.25) is 4.79 Å². The zero-order chi connectivity index (χ0) is 8.55. The van der Waals surface area contributed by atoms with Crippen molar-refractivity contribution in [1.29, 1.82) is 0 Å². The van der Waals surface area contributed by atoms with Gasteiger partial charge in [-0.1, -0.05) is 12.1 Å². The Morgan fingerprint density at radius 1 is 1.33 bits per heavy atom. The van der Waals surface area contributed by atoms with Crippen molar-refractivity contribution in [3.05, 3.63) is 34.6 Å². The summed E-state index contributed by atoms with van der Waals surface area (Å²) in [6.45, 7) is 0. The fraction of sp³-hybridized carbons (Fsp3) is 0. The fourth-order valence-corrected chi connectivity index (χ4v) is 0.992. The molecule has 1 heterocycles. The van der Waals surface area contributed by atoms with Crippen molar-refractivity contribution in [3.8, 4) is 6.08 Å². The van der Waals surface area contributed by atoms with E-state index >= 15 is 0 Å². The minimum Gasteiger partial charge on any atom is -0.565 e. The number of nitrogens with zero attached hydrogens (tertiary/aromatic N) is 1. The average molecular weight is 162 g/mol. The molecular weight excluding hydrogens is 158 g/mol. The summed E-state index contributed by atoms with van der Waals surface area (Å²) in [5, 5.41) is 11.0. The molecule has 0 atom stereocenters. The molecule has 1 aromatic carbocycles. The molecule has 0 unspecified atom stereocenters. The summed E-state index contributed by atoms with van der Waals surface area (Å²) >= 11 is 0. The van der Waals surface area contributed by atoms with Crippen molar-refractivity contribution >= 4 is 11.0 Å². The summed E-state index contributed by atoms with van der Waals surface area (Å²) in [5.74, 6) is 0. The predicted molar refractivity (Wildman–Crippen MR) is 39.7 cm³/mol. The Morgan fingerprint density at radius 3 is 2.92 bits per heavy atom. The average Bonchev–Trinajstić information content (AvgIpc) is 2.04. The maximum absolute atomic E-state index is 11.0. The summed E-state index contributed by atoms with van der Waals surface area (Å²) < 4.78 is 4.68. The lowest BCUT2D eigenvalue weighted by molar-refractivity contribution is -0.301. The molecule has 0 N–H and O–H groups in total. The first-order valence-electron chi connectivity index (χ1n) is 3.34. The molecule has 4 nitrogen and oxygen atoms in total. The number of rotatable bonds is 0. The van der Waals surface area contributed by atoms with Gasteiger partial charge in [-0.15, -0.1) is 0 Å². The van der Waals surface area contributed by atoms with Gasteiger partial charge in [-0.2, -0.15) is 4.98 Å². The van der Waals surface area contributed by atoms with Gasteiger partial charge in [-0.05, 0) is 12.1 Å². The second-order valence-electron chi connectivity index (χ2n) is 2.28. The molecular formula is C8H4NO3-. The van der Waals surface area contributed by atoms with Crippen molar-refractivity contribution < 1.29 is 9.52 Å². The summed E-state index contributed by atoms with van der Waals surface area (Å²) in [4.78, 5) is 14.2. The number of para-hydroxylation sites is 1. The second-order valence-corrected chi connectivity index (χ2v) is 2.28. The Hall–Kier alpha value is -1.84. The molecule has 0 aliphatic heterocycles. The molecule has 12 heavy (non-hydrogen) atoms. The van der Waals surface area contributed by atoms with E-state index in [1.165, 1.54) is 0 Å². The molecule has 2 rings (SSSR count). The zero-order valence-corrected chi connectivity index (χ0v) is 5.98. The SMILES string of the molecule is O=c1nc([O-])oc2ccccc12. The Kier molecular flexibility index (Phi) is 1.33. The molecule has 60 valence electrons. The smallest absolute Gasteiger partial charge is 0.279 e. The Labute approximate surface area is 67.1 Å². The van der Waals surface area contributed by atoms with E-state index in [4.69, 9.17) is 0 Å². The lowest BCUT2D eigenvalue weighted by Gasteiger charge is -2.02. The minimum atomic E-state index is -0.848. The highest BCUT2D eigenvalue weighted by atomic mass is 16.5. The van der Waals surface area contributed by atoms with Crippen LogP contribution in [0.25, 0.3) is 11.0 Å². The molecule has 0 bridgehead atoms. The maximum Gasteiger partial charge on any atom is 0.279 e. The van der Waals surface area contributed by atoms with Crippen LogP contribution in [0, 0.1) is 0 Å². The van der Waals surface area contributed by atoms with E-state index in [2.05, 4.69) is 9.40 Å². The van der Waals surface area contributed by atoms with Gasteiger partial charge in [0.2, 0.25) is 0 Å². The van der Waals surface area contributed by atoms with E-state index in [9.17, 15) is 9.90 Å². The van der Waals surface area contributed by atoms with Crippen LogP contribution in [-0.2, 0) is 0 Å². The van der Waals surface area contributed by atoms with Crippen molar-refractivity contribution in [2.24, 2.45) is 0 Å². The number of benzene rings is 1. The van der Waals surface area contributed by atoms with Crippen LogP contribution in [0.4, 0.5) is 0 Å². The van der Waals surface area contributed by atoms with Crippen molar-refractivity contribution in [2.45, 2.75) is 0 Å². The maximum atomic E-state index is 11.0. The van der Waals surface area contributed by atoms with Gasteiger partial charge in [0.1, 0.15) is 0 Å². The van der Waals surface area contributed by atoms with Gasteiger partial charge in [0, 0.05) is 5.58 Å². The van der Waals surface area contributed by atoms with Crippen LogP contribution in [0.15, 0.2) is 33.5 Å². The number of fused-ring (bicyclic) bond motifs is 1. The summed E-state index contributed by atoms with van der Waals surface area (Å²) in [5.41, 5.74) is -0.260. The quantitative estimate of drug-likeness (QED) is 0.557. The first-order chi connectivity index (χ1) is 5.77. The summed E-state index contributed by atoms with van der Waals surface area (Å²) in [6.07, 6.45) is -0.848. The van der Waals surface area contributed by atoms with E-state index in [-0.39, 0.29) is 5.58 Å². The molecule has 0 fully saturated rings. The van der Waals surface area contributed by atoms with Crippen molar-refractivity contribution in [3.63, 3.8) is 0 Å². The highest BCUT2D eigenvalue weighted by Gasteiger charge is 1.95. The van der Waals surface area contributed by atoms with Crippen LogP contribution in [0.2, 0.25) is 0 Å². The standard InChI is InChI=1S/C8H5NO3/c10-7-5-3-1-2-4-6(5)12-8(11)9-7/h1-4H,(H,9,10,11)/p-1. The van der Waals surface area contributed by atoms with E-state index in [0.29, 0.717) is 5.39 Å². The third-order valence-electron chi connectivity index (χ3n) is 1.51. The number of hydrogen-bond donors (Lipinski definition) is 0. The predicted octanol–water partition coefficient (Wildman–Crippen LogP) is 0.262. The molecule has 0 saturated heterocycles. The van der Waals surface area contributed by atoms with Crippen LogP contribution in [-0.4, -0.2) is 4.98 Å². The first kappa shape index (κ1) is 6.84. The molecule has 4 heteroatoms. The van der Waals surface area contributed by atoms with Gasteiger partial charge < -0.3 is 9.52 Å². The number of aromatic nitrogens is 1. The zero-order valence-electron chi connectivity index (χ0n) is 5.98. The summed E-state index contributed by atoms with van der Waals surface area (Å²) in [6, 6.07) is 6.49. The number of hydrogen-bond acceptors (Lipinski definition) is 4. The second kappa shape index (κ2) is 2.34. The monoisotopic (exact) mass is 162 g/mol. The molecule has 1 aromatic heterocycles. The van der Waals surface area contributed by atoms with Gasteiger partial charge in [0.15, 0.2) is 6.08 Å². The lowest BCUT2D eigenvalue weighted by Crippen LogP contribution is -2.09. The Morgan fingerprint density at radius 2 is 2.08 bits per heavy atom. The topological polar surface area (TPSA) is 66.2 Å². The first-order valence-corrected chi connectivity index (χ1v) is 3.34. The molecule has 0 amide bonds. The molecule has 0 aliphatic carbocycles. The third kappa shape index (κ3) is 0.934. The van der Waals surface area contributed by atoms with Crippen LogP contribution in [0.3, 0.4) is 0 Å². The van der Waals surface area contributed by atoms with Crippen molar-refractivity contribution in [2.75, 3.05) is 0 Å². The van der Waals surface area contributed by atoms with Crippen LogP contribution in [0.1, 0.15) is 0 Å². The van der Waals surface area contributed by atoms with E-state index in [0.717, 1.165) is 0 Å². The molecule has 2 aromatic rings. The van der Waals surface area contributed by atoms with Gasteiger partial charge in [0.25, 0.3) is 5.56 Å². The third-order valence-corrected chi connectivity index (χ3v) is 1.51. The summed E-state index contributed by atoms with van der Waals surface area (Å²) in [7, 11) is 0. The minimum absolute atomic E-state index is 0.280. The Balaban J connectivity index is 2.99. The van der Waals surface area contributed by atoms with Crippen molar-refractivity contribution in [1.82, 2.24) is 4.98 Å². The molecule has 0 saturated carbocycles. The van der Waals surface area contributed by atoms with Gasteiger partial charge >= 0.3 is 0 Å². The highest BCUT2D eigenvalue weighted by molar-refractivity contribution is 5.75. The normalized spacial score (nSPS) is 10.3. The fourth-order valence-electron chi connectivity index (χ4n) is 0.992. The Bertz CT molecular complexity index is 475.